The van der Waals surface area contributed by atoms with Crippen LogP contribution in [-0.4, -0.2) is 28.8 Å². The molecule has 4 nitrogen and oxygen atoms in total. The first kappa shape index (κ1) is 27.5. The summed E-state index contributed by atoms with van der Waals surface area (Å²) in [7, 11) is 0. The number of hydrogen-bond donors (Lipinski definition) is 1. The third-order valence-electron chi connectivity index (χ3n) is 6.93. The maximum Gasteiger partial charge on any atom is 0.243 e. The normalized spacial score (nSPS) is 15.1. The zero-order chi connectivity index (χ0) is 25.6. The van der Waals surface area contributed by atoms with Crippen LogP contribution in [0.25, 0.3) is 0 Å². The van der Waals surface area contributed by atoms with Crippen molar-refractivity contribution in [1.82, 2.24) is 10.2 Å². The van der Waals surface area contributed by atoms with E-state index in [9.17, 15) is 9.59 Å². The molecule has 1 N–H and O–H groups in total. The van der Waals surface area contributed by atoms with E-state index in [1.54, 1.807) is 23.1 Å². The number of hydrogen-bond acceptors (Lipinski definition) is 2. The number of amides is 2. The van der Waals surface area contributed by atoms with Gasteiger partial charge in [-0.15, -0.1) is 0 Å². The molecule has 0 radical (unpaired) electrons. The fourth-order valence-corrected chi connectivity index (χ4v) is 5.22. The maximum atomic E-state index is 13.6. The molecular formula is C29H38Cl2N2O2. The fraction of sp³-hybridized carbons (Fsp3) is 0.517. The number of carbonyl (C=O) groups excluding carboxylic acids is 2. The number of benzene rings is 2. The first-order chi connectivity index (χ1) is 16.6. The van der Waals surface area contributed by atoms with Crippen molar-refractivity contribution in [3.8, 4) is 0 Å². The monoisotopic (exact) mass is 516 g/mol. The molecule has 2 aromatic rings. The third-order valence-corrected chi connectivity index (χ3v) is 7.63. The average molecular weight is 518 g/mol. The van der Waals surface area contributed by atoms with Gasteiger partial charge in [0.1, 0.15) is 6.04 Å². The molecule has 1 fully saturated rings. The Balaban J connectivity index is 1.79. The Morgan fingerprint density at radius 2 is 1.63 bits per heavy atom. The lowest BCUT2D eigenvalue weighted by atomic mass is 9.86. The number of nitrogens with one attached hydrogen (secondary N) is 1. The van der Waals surface area contributed by atoms with Gasteiger partial charge in [0.05, 0.1) is 0 Å². The molecule has 2 aromatic carbocycles. The highest BCUT2D eigenvalue weighted by Crippen LogP contribution is 2.28. The van der Waals surface area contributed by atoms with Gasteiger partial charge in [-0.05, 0) is 54.4 Å². The smallest absolute Gasteiger partial charge is 0.243 e. The molecule has 1 saturated carbocycles. The van der Waals surface area contributed by atoms with Gasteiger partial charge in [-0.3, -0.25) is 9.59 Å². The van der Waals surface area contributed by atoms with Gasteiger partial charge in [0.2, 0.25) is 11.8 Å². The van der Waals surface area contributed by atoms with E-state index in [0.29, 0.717) is 34.9 Å². The maximum absolute atomic E-state index is 13.6. The van der Waals surface area contributed by atoms with E-state index in [-0.39, 0.29) is 29.8 Å². The number of aryl methyl sites for hydroxylation is 1. The predicted octanol–water partition coefficient (Wildman–Crippen LogP) is 7.09. The van der Waals surface area contributed by atoms with Crippen molar-refractivity contribution in [2.45, 2.75) is 96.7 Å². The summed E-state index contributed by atoms with van der Waals surface area (Å²) in [4.78, 5) is 28.5. The van der Waals surface area contributed by atoms with Gasteiger partial charge in [-0.1, -0.05) is 94.1 Å². The Kier molecular flexibility index (Phi) is 9.66. The summed E-state index contributed by atoms with van der Waals surface area (Å²) in [6.07, 6.45) is 5.70. The largest absolute Gasteiger partial charge is 0.352 e. The van der Waals surface area contributed by atoms with Gasteiger partial charge < -0.3 is 10.2 Å². The molecule has 6 heteroatoms. The van der Waals surface area contributed by atoms with Crippen LogP contribution in [0.2, 0.25) is 10.0 Å². The molecule has 1 aliphatic carbocycles. The van der Waals surface area contributed by atoms with Crippen LogP contribution in [-0.2, 0) is 28.0 Å². The molecule has 0 aliphatic heterocycles. The topological polar surface area (TPSA) is 49.4 Å². The molecule has 0 spiro atoms. The van der Waals surface area contributed by atoms with Crippen LogP contribution in [0.3, 0.4) is 0 Å². The summed E-state index contributed by atoms with van der Waals surface area (Å²) >= 11 is 12.9. The second kappa shape index (κ2) is 12.3. The number of rotatable bonds is 9. The SMILES string of the molecule is CC[C@@H](C(=O)NC1CCCC1)N(Cc1c(Cl)cccc1Cl)C(=O)CCc1ccc(C(C)(C)C)cc1. The molecule has 0 heterocycles. The van der Waals surface area contributed by atoms with Crippen molar-refractivity contribution in [2.75, 3.05) is 0 Å². The quantitative estimate of drug-likeness (QED) is 0.386. The van der Waals surface area contributed by atoms with Crippen LogP contribution < -0.4 is 5.32 Å². The molecule has 1 aliphatic rings. The molecule has 1 atom stereocenters. The van der Waals surface area contributed by atoms with E-state index in [0.717, 1.165) is 31.2 Å². The Morgan fingerprint density at radius 1 is 1.03 bits per heavy atom. The standard InChI is InChI=1S/C29H38Cl2N2O2/c1-5-26(28(35)32-22-9-6-7-10-22)33(19-23-24(30)11-8-12-25(23)31)27(34)18-15-20-13-16-21(17-14-20)29(2,3)4/h8,11-14,16-17,22,26H,5-7,9-10,15,18-19H2,1-4H3,(H,32,35)/t26-/m0/s1. The van der Waals surface area contributed by atoms with E-state index < -0.39 is 6.04 Å². The number of nitrogens with zero attached hydrogens (tertiary/aromatic N) is 1. The average Bonchev–Trinajstić information content (AvgIpc) is 3.32. The highest BCUT2D eigenvalue weighted by molar-refractivity contribution is 6.36. The van der Waals surface area contributed by atoms with Crippen LogP contribution in [0.5, 0.6) is 0 Å². The van der Waals surface area contributed by atoms with Gasteiger partial charge in [-0.25, -0.2) is 0 Å². The van der Waals surface area contributed by atoms with Gasteiger partial charge in [0.15, 0.2) is 0 Å². The lowest BCUT2D eigenvalue weighted by Gasteiger charge is -2.32. The second-order valence-corrected chi connectivity index (χ2v) is 11.4. The lowest BCUT2D eigenvalue weighted by molar-refractivity contribution is -0.141. The van der Waals surface area contributed by atoms with Gasteiger partial charge in [0.25, 0.3) is 0 Å². The van der Waals surface area contributed by atoms with Crippen LogP contribution in [0.15, 0.2) is 42.5 Å². The summed E-state index contributed by atoms with van der Waals surface area (Å²) in [5.41, 5.74) is 3.12. The molecule has 0 unspecified atom stereocenters. The highest BCUT2D eigenvalue weighted by atomic mass is 35.5. The van der Waals surface area contributed by atoms with E-state index >= 15 is 0 Å². The molecule has 3 rings (SSSR count). The predicted molar refractivity (Wildman–Crippen MR) is 145 cm³/mol. The van der Waals surface area contributed by atoms with E-state index in [1.165, 1.54) is 5.56 Å². The minimum absolute atomic E-state index is 0.0747. The Morgan fingerprint density at radius 3 is 2.17 bits per heavy atom. The van der Waals surface area contributed by atoms with Crippen molar-refractivity contribution in [3.05, 3.63) is 69.2 Å². The molecule has 0 bridgehead atoms. The lowest BCUT2D eigenvalue weighted by Crippen LogP contribution is -2.51. The molecule has 190 valence electrons. The van der Waals surface area contributed by atoms with Crippen molar-refractivity contribution in [2.24, 2.45) is 0 Å². The van der Waals surface area contributed by atoms with Crippen molar-refractivity contribution >= 4 is 35.0 Å². The minimum Gasteiger partial charge on any atom is -0.352 e. The Bertz CT molecular complexity index is 988. The number of halogens is 2. The van der Waals surface area contributed by atoms with Crippen molar-refractivity contribution in [3.63, 3.8) is 0 Å². The summed E-state index contributed by atoms with van der Waals surface area (Å²) in [5.74, 6) is -0.167. The van der Waals surface area contributed by atoms with Crippen LogP contribution in [0.4, 0.5) is 0 Å². The second-order valence-electron chi connectivity index (χ2n) is 10.6. The van der Waals surface area contributed by atoms with E-state index in [4.69, 9.17) is 23.2 Å². The summed E-state index contributed by atoms with van der Waals surface area (Å²) in [6, 6.07) is 13.4. The van der Waals surface area contributed by atoms with Crippen LogP contribution >= 0.6 is 23.2 Å². The van der Waals surface area contributed by atoms with Crippen LogP contribution in [0.1, 0.15) is 82.9 Å². The molecule has 35 heavy (non-hydrogen) atoms. The van der Waals surface area contributed by atoms with Crippen molar-refractivity contribution < 1.29 is 9.59 Å². The van der Waals surface area contributed by atoms with Gasteiger partial charge >= 0.3 is 0 Å². The first-order valence-corrected chi connectivity index (χ1v) is 13.5. The number of carbonyl (C=O) groups is 2. The third kappa shape index (κ3) is 7.47. The molecule has 0 saturated heterocycles. The molecule has 0 aromatic heterocycles. The minimum atomic E-state index is -0.571. The molecule has 2 amide bonds. The Labute approximate surface area is 220 Å². The van der Waals surface area contributed by atoms with Crippen LogP contribution in [0, 0.1) is 0 Å². The Hall–Kier alpha value is -2.04. The summed E-state index contributed by atoms with van der Waals surface area (Å²) in [5, 5.41) is 4.17. The van der Waals surface area contributed by atoms with Gasteiger partial charge in [-0.2, -0.15) is 0 Å². The summed E-state index contributed by atoms with van der Waals surface area (Å²) in [6.45, 7) is 8.70. The zero-order valence-corrected chi connectivity index (χ0v) is 22.9. The van der Waals surface area contributed by atoms with Gasteiger partial charge in [0, 0.05) is 34.6 Å². The van der Waals surface area contributed by atoms with E-state index in [2.05, 4.69) is 50.4 Å². The zero-order valence-electron chi connectivity index (χ0n) is 21.4. The highest BCUT2D eigenvalue weighted by Gasteiger charge is 2.31. The first-order valence-electron chi connectivity index (χ1n) is 12.7. The van der Waals surface area contributed by atoms with Crippen molar-refractivity contribution in [1.29, 1.82) is 0 Å². The molecular weight excluding hydrogens is 479 g/mol. The fourth-order valence-electron chi connectivity index (χ4n) is 4.71. The summed E-state index contributed by atoms with van der Waals surface area (Å²) < 4.78 is 0. The van der Waals surface area contributed by atoms with E-state index in [1.807, 2.05) is 6.92 Å².